The topological polar surface area (TPSA) is 93.3 Å². The zero-order valence-electron chi connectivity index (χ0n) is 24.1. The van der Waals surface area contributed by atoms with Gasteiger partial charge >= 0.3 is 6.01 Å². The highest BCUT2D eigenvalue weighted by molar-refractivity contribution is 5.78. The number of halogens is 4. The van der Waals surface area contributed by atoms with Gasteiger partial charge in [0.2, 0.25) is 0 Å². The molecule has 2 aromatic heterocycles. The van der Waals surface area contributed by atoms with Crippen molar-refractivity contribution in [2.45, 2.75) is 59.0 Å². The van der Waals surface area contributed by atoms with E-state index in [1.165, 1.54) is 24.4 Å². The summed E-state index contributed by atoms with van der Waals surface area (Å²) in [7, 11) is 0. The number of aromatic nitrogens is 4. The van der Waals surface area contributed by atoms with Gasteiger partial charge in [-0.15, -0.1) is 0 Å². The van der Waals surface area contributed by atoms with Crippen molar-refractivity contribution in [3.05, 3.63) is 106 Å². The number of imidazole rings is 1. The second-order valence-electron chi connectivity index (χ2n) is 11.4. The zero-order chi connectivity index (χ0) is 31.2. The first-order chi connectivity index (χ1) is 21.1. The van der Waals surface area contributed by atoms with Crippen LogP contribution < -0.4 is 4.74 Å². The van der Waals surface area contributed by atoms with Crippen molar-refractivity contribution in [2.75, 3.05) is 0 Å². The van der Waals surface area contributed by atoms with Crippen LogP contribution in [-0.4, -0.2) is 29.7 Å². The van der Waals surface area contributed by atoms with Crippen LogP contribution in [-0.2, 0) is 19.6 Å². The van der Waals surface area contributed by atoms with Crippen LogP contribution in [0.4, 0.5) is 17.6 Å². The summed E-state index contributed by atoms with van der Waals surface area (Å²) in [5.74, 6) is -2.31. The van der Waals surface area contributed by atoms with E-state index in [0.29, 0.717) is 23.4 Å². The van der Waals surface area contributed by atoms with Gasteiger partial charge in [-0.3, -0.25) is 0 Å². The number of benzene rings is 3. The lowest BCUT2D eigenvalue weighted by Crippen LogP contribution is -2.14. The maximum absolute atomic E-state index is 15.5. The van der Waals surface area contributed by atoms with E-state index in [-0.39, 0.29) is 52.4 Å². The molecule has 3 aromatic carbocycles. The van der Waals surface area contributed by atoms with Gasteiger partial charge in [0.15, 0.2) is 12.1 Å². The lowest BCUT2D eigenvalue weighted by Gasteiger charge is -2.17. The number of hydrogen-bond acceptors (Lipinski definition) is 6. The molecule has 2 heterocycles. The number of aliphatic hydroxyl groups is 2. The van der Waals surface area contributed by atoms with Crippen LogP contribution in [0.5, 0.6) is 6.01 Å². The predicted molar refractivity (Wildman–Crippen MR) is 154 cm³/mol. The molecule has 7 nitrogen and oxygen atoms in total. The zero-order valence-corrected chi connectivity index (χ0v) is 24.1. The molecule has 0 spiro atoms. The Morgan fingerprint density at radius 1 is 0.909 bits per heavy atom. The van der Waals surface area contributed by atoms with Crippen LogP contribution in [0.1, 0.15) is 60.6 Å². The first-order valence-electron chi connectivity index (χ1n) is 14.3. The number of aryl methyl sites for hydroxylation is 1. The lowest BCUT2D eigenvalue weighted by molar-refractivity contribution is -0.0426. The van der Waals surface area contributed by atoms with Crippen molar-refractivity contribution >= 4 is 11.0 Å². The summed E-state index contributed by atoms with van der Waals surface area (Å²) >= 11 is 0. The Morgan fingerprint density at radius 2 is 1.68 bits per heavy atom. The summed E-state index contributed by atoms with van der Waals surface area (Å²) in [5.41, 5.74) is 1.36. The van der Waals surface area contributed by atoms with Gasteiger partial charge in [-0.25, -0.2) is 27.5 Å². The van der Waals surface area contributed by atoms with E-state index in [1.54, 1.807) is 23.6 Å². The number of hydrogen-bond donors (Lipinski definition) is 2. The highest BCUT2D eigenvalue weighted by Crippen LogP contribution is 2.50. The quantitative estimate of drug-likeness (QED) is 0.136. The van der Waals surface area contributed by atoms with Crippen LogP contribution >= 0.6 is 0 Å². The Balaban J connectivity index is 1.30. The summed E-state index contributed by atoms with van der Waals surface area (Å²) in [6.45, 7) is 4.17. The van der Waals surface area contributed by atoms with Crippen LogP contribution in [0, 0.1) is 35.6 Å². The Morgan fingerprint density at radius 3 is 2.39 bits per heavy atom. The first kappa shape index (κ1) is 29.7. The van der Waals surface area contributed by atoms with Crippen molar-refractivity contribution in [3.8, 4) is 17.3 Å². The normalized spacial score (nSPS) is 14.0. The minimum atomic E-state index is -1.88. The Bertz CT molecular complexity index is 1870. The SMILES string of the molecule is CCC1(Cn2c(Cc3cc(F)c(-c4ccnc(OCc5ccc(C)cc5F)n4)cc3F)nc3c(F)cc(C(O)O)cc32)CC1. The molecule has 1 fully saturated rings. The van der Waals surface area contributed by atoms with E-state index >= 15 is 13.2 Å². The molecule has 1 aliphatic carbocycles. The number of fused-ring (bicyclic) bond motifs is 1. The lowest BCUT2D eigenvalue weighted by atomic mass is 10.0. The molecule has 0 aliphatic heterocycles. The van der Waals surface area contributed by atoms with Crippen LogP contribution in [0.15, 0.2) is 54.7 Å². The van der Waals surface area contributed by atoms with Crippen molar-refractivity contribution < 1.29 is 32.5 Å². The van der Waals surface area contributed by atoms with Gasteiger partial charge in [0.05, 0.1) is 11.2 Å². The number of ether oxygens (including phenoxy) is 1. The summed E-state index contributed by atoms with van der Waals surface area (Å²) in [4.78, 5) is 12.6. The van der Waals surface area contributed by atoms with E-state index in [9.17, 15) is 14.6 Å². The third-order valence-corrected chi connectivity index (χ3v) is 8.37. The Labute approximate surface area is 250 Å². The average molecular weight is 607 g/mol. The first-order valence-corrected chi connectivity index (χ1v) is 14.3. The average Bonchev–Trinajstić information content (AvgIpc) is 3.69. The maximum Gasteiger partial charge on any atom is 0.317 e. The van der Waals surface area contributed by atoms with Gasteiger partial charge in [-0.05, 0) is 79.1 Å². The molecule has 0 bridgehead atoms. The third-order valence-electron chi connectivity index (χ3n) is 8.37. The molecule has 1 aliphatic rings. The van der Waals surface area contributed by atoms with Crippen molar-refractivity contribution in [2.24, 2.45) is 5.41 Å². The highest BCUT2D eigenvalue weighted by Gasteiger charge is 2.41. The fraction of sp³-hybridized carbons (Fsp3) is 0.303. The van der Waals surface area contributed by atoms with Crippen molar-refractivity contribution in [1.29, 1.82) is 0 Å². The molecule has 6 rings (SSSR count). The van der Waals surface area contributed by atoms with Gasteiger partial charge in [-0.1, -0.05) is 19.1 Å². The fourth-order valence-corrected chi connectivity index (χ4v) is 5.41. The largest absolute Gasteiger partial charge is 0.458 e. The molecular formula is C33H30F4N4O3. The molecule has 0 amide bonds. The van der Waals surface area contributed by atoms with Gasteiger partial charge in [0.25, 0.3) is 0 Å². The second kappa shape index (κ2) is 11.6. The molecule has 228 valence electrons. The maximum atomic E-state index is 15.5. The van der Waals surface area contributed by atoms with E-state index < -0.39 is 29.6 Å². The van der Waals surface area contributed by atoms with E-state index in [1.807, 2.05) is 0 Å². The van der Waals surface area contributed by atoms with Crippen LogP contribution in [0.3, 0.4) is 0 Å². The molecule has 44 heavy (non-hydrogen) atoms. The summed E-state index contributed by atoms with van der Waals surface area (Å²) in [5, 5.41) is 19.3. The Kier molecular flexibility index (Phi) is 7.85. The molecule has 0 saturated heterocycles. The highest BCUT2D eigenvalue weighted by atomic mass is 19.1. The Hall–Kier alpha value is -4.35. The van der Waals surface area contributed by atoms with Crippen molar-refractivity contribution in [3.63, 3.8) is 0 Å². The molecule has 0 atom stereocenters. The smallest absolute Gasteiger partial charge is 0.317 e. The van der Waals surface area contributed by atoms with Gasteiger partial charge in [-0.2, -0.15) is 4.98 Å². The molecule has 0 unspecified atom stereocenters. The monoisotopic (exact) mass is 606 g/mol. The molecule has 0 radical (unpaired) electrons. The minimum Gasteiger partial charge on any atom is -0.458 e. The summed E-state index contributed by atoms with van der Waals surface area (Å²) < 4.78 is 67.5. The van der Waals surface area contributed by atoms with Crippen LogP contribution in [0.2, 0.25) is 0 Å². The van der Waals surface area contributed by atoms with Gasteiger partial charge in [0, 0.05) is 35.9 Å². The minimum absolute atomic E-state index is 0.00681. The van der Waals surface area contributed by atoms with Crippen molar-refractivity contribution in [1.82, 2.24) is 19.5 Å². The summed E-state index contributed by atoms with van der Waals surface area (Å²) in [6, 6.07) is 10.6. The molecular weight excluding hydrogens is 576 g/mol. The molecule has 1 saturated carbocycles. The number of nitrogens with zero attached hydrogens (tertiary/aromatic N) is 4. The molecule has 5 aromatic rings. The van der Waals surface area contributed by atoms with Gasteiger partial charge < -0.3 is 19.5 Å². The standard InChI is InChI=1S/C33H30F4N4O3/c1-3-33(7-8-33)17-41-28-13-21(31(42)43)12-26(37)30(28)40-29(41)14-20-11-25(36)22(15-24(20)35)27-6-9-38-32(39-27)44-16-19-5-4-18(2)10-23(19)34/h4-6,9-13,15,31,42-43H,3,7-8,14,16-17H2,1-2H3. The molecule has 11 heteroatoms. The molecule has 2 N–H and O–H groups in total. The third kappa shape index (κ3) is 5.89. The number of aliphatic hydroxyl groups excluding tert-OH is 1. The van der Waals surface area contributed by atoms with E-state index in [0.717, 1.165) is 43.0 Å². The van der Waals surface area contributed by atoms with Gasteiger partial charge in [0.1, 0.15) is 35.4 Å². The van der Waals surface area contributed by atoms with E-state index in [2.05, 4.69) is 21.9 Å². The fourth-order valence-electron chi connectivity index (χ4n) is 5.41. The second-order valence-corrected chi connectivity index (χ2v) is 11.4. The number of rotatable bonds is 10. The van der Waals surface area contributed by atoms with E-state index in [4.69, 9.17) is 4.74 Å². The predicted octanol–water partition coefficient (Wildman–Crippen LogP) is 6.70. The summed E-state index contributed by atoms with van der Waals surface area (Å²) in [6.07, 6.45) is 2.14. The van der Waals surface area contributed by atoms with Crippen LogP contribution in [0.25, 0.3) is 22.3 Å².